The zero-order valence-corrected chi connectivity index (χ0v) is 12.1. The monoisotopic (exact) mass is 265 g/mol. The van der Waals surface area contributed by atoms with Gasteiger partial charge in [-0.2, -0.15) is 0 Å². The van der Waals surface area contributed by atoms with E-state index in [0.717, 1.165) is 12.2 Å². The first-order valence-electron chi connectivity index (χ1n) is 6.63. The Morgan fingerprint density at radius 3 is 2.84 bits per heavy atom. The second-order valence-corrected chi connectivity index (χ2v) is 4.36. The molecule has 106 valence electrons. The summed E-state index contributed by atoms with van der Waals surface area (Å²) < 4.78 is 5.11. The quantitative estimate of drug-likeness (QED) is 0.819. The lowest BCUT2D eigenvalue weighted by Gasteiger charge is -2.27. The average Bonchev–Trinajstić information content (AvgIpc) is 2.40. The zero-order chi connectivity index (χ0) is 14.3. The van der Waals surface area contributed by atoms with Crippen molar-refractivity contribution in [3.05, 3.63) is 24.0 Å². The molecule has 1 aromatic rings. The van der Waals surface area contributed by atoms with Gasteiger partial charge < -0.3 is 15.0 Å². The van der Waals surface area contributed by atoms with E-state index in [1.807, 2.05) is 26.8 Å². The molecule has 1 atom stereocenters. The molecule has 0 radical (unpaired) electrons. The number of rotatable bonds is 7. The first-order chi connectivity index (χ1) is 9.13. The number of pyridine rings is 1. The Bertz CT molecular complexity index is 409. The Hall–Kier alpha value is -1.62. The fourth-order valence-electron chi connectivity index (χ4n) is 2.00. The molecule has 1 amide bonds. The largest absolute Gasteiger partial charge is 0.385 e. The summed E-state index contributed by atoms with van der Waals surface area (Å²) in [5.41, 5.74) is 1.37. The van der Waals surface area contributed by atoms with Gasteiger partial charge in [0.15, 0.2) is 0 Å². The Morgan fingerprint density at radius 2 is 2.26 bits per heavy atom. The van der Waals surface area contributed by atoms with E-state index >= 15 is 0 Å². The number of methoxy groups -OCH3 is 1. The topological polar surface area (TPSA) is 54.5 Å². The molecule has 0 spiro atoms. The van der Waals surface area contributed by atoms with Crippen LogP contribution in [-0.4, -0.2) is 48.6 Å². The summed E-state index contributed by atoms with van der Waals surface area (Å²) in [4.78, 5) is 18.4. The van der Waals surface area contributed by atoms with Crippen LogP contribution in [0.25, 0.3) is 0 Å². The van der Waals surface area contributed by atoms with E-state index in [-0.39, 0.29) is 11.9 Å². The predicted molar refractivity (Wildman–Crippen MR) is 76.4 cm³/mol. The first-order valence-corrected chi connectivity index (χ1v) is 6.63. The van der Waals surface area contributed by atoms with Crippen molar-refractivity contribution in [2.24, 2.45) is 0 Å². The molecule has 1 unspecified atom stereocenters. The van der Waals surface area contributed by atoms with E-state index in [0.29, 0.717) is 18.8 Å². The van der Waals surface area contributed by atoms with Crippen LogP contribution in [0.2, 0.25) is 0 Å². The highest BCUT2D eigenvalue weighted by Crippen LogP contribution is 2.12. The van der Waals surface area contributed by atoms with Crippen molar-refractivity contribution in [1.29, 1.82) is 0 Å². The van der Waals surface area contributed by atoms with Gasteiger partial charge in [0.2, 0.25) is 0 Å². The summed E-state index contributed by atoms with van der Waals surface area (Å²) in [6, 6.07) is 3.68. The van der Waals surface area contributed by atoms with E-state index in [1.165, 1.54) is 0 Å². The van der Waals surface area contributed by atoms with E-state index in [4.69, 9.17) is 4.74 Å². The summed E-state index contributed by atoms with van der Waals surface area (Å²) in [5.74, 6) is -0.0631. The van der Waals surface area contributed by atoms with Gasteiger partial charge in [-0.05, 0) is 32.9 Å². The lowest BCUT2D eigenvalue weighted by atomic mass is 10.2. The molecule has 0 saturated heterocycles. The summed E-state index contributed by atoms with van der Waals surface area (Å²) >= 11 is 0. The first kappa shape index (κ1) is 15.4. The van der Waals surface area contributed by atoms with Crippen LogP contribution in [0, 0.1) is 0 Å². The second-order valence-electron chi connectivity index (χ2n) is 4.36. The van der Waals surface area contributed by atoms with Crippen molar-refractivity contribution in [2.45, 2.75) is 26.8 Å². The Kier molecular flexibility index (Phi) is 6.29. The van der Waals surface area contributed by atoms with Crippen molar-refractivity contribution >= 4 is 11.6 Å². The van der Waals surface area contributed by atoms with Crippen LogP contribution in [0.3, 0.4) is 0 Å². The molecule has 0 aliphatic heterocycles. The molecule has 0 saturated carbocycles. The van der Waals surface area contributed by atoms with E-state index < -0.39 is 0 Å². The van der Waals surface area contributed by atoms with Gasteiger partial charge in [-0.25, -0.2) is 0 Å². The van der Waals surface area contributed by atoms with E-state index in [9.17, 15) is 4.79 Å². The van der Waals surface area contributed by atoms with Crippen LogP contribution >= 0.6 is 0 Å². The number of likely N-dealkylation sites (N-methyl/N-ethyl adjacent to an activating group) is 1. The van der Waals surface area contributed by atoms with Crippen molar-refractivity contribution in [2.75, 3.05) is 32.1 Å². The van der Waals surface area contributed by atoms with Gasteiger partial charge in [0.05, 0.1) is 12.6 Å². The Morgan fingerprint density at radius 1 is 1.53 bits per heavy atom. The minimum atomic E-state index is -0.0631. The molecule has 0 aliphatic rings. The van der Waals surface area contributed by atoms with Crippen LogP contribution < -0.4 is 5.32 Å². The molecule has 19 heavy (non-hydrogen) atoms. The Balaban J connectivity index is 2.87. The molecule has 1 aromatic heterocycles. The van der Waals surface area contributed by atoms with Gasteiger partial charge in [-0.3, -0.25) is 9.78 Å². The van der Waals surface area contributed by atoms with Crippen molar-refractivity contribution in [3.8, 4) is 0 Å². The number of nitrogens with zero attached hydrogens (tertiary/aromatic N) is 2. The third-order valence-electron chi connectivity index (χ3n) is 2.90. The maximum atomic E-state index is 12.4. The SMILES string of the molecule is CCNc1ccnc(C(=O)N(CC)C(C)COC)c1. The molecule has 1 N–H and O–H groups in total. The number of hydrogen-bond donors (Lipinski definition) is 1. The van der Waals surface area contributed by atoms with Gasteiger partial charge in [0, 0.05) is 32.1 Å². The minimum absolute atomic E-state index is 0.0343. The predicted octanol–water partition coefficient (Wildman–Crippen LogP) is 2.01. The molecule has 1 rings (SSSR count). The van der Waals surface area contributed by atoms with Crippen molar-refractivity contribution in [1.82, 2.24) is 9.88 Å². The summed E-state index contributed by atoms with van der Waals surface area (Å²) in [5, 5.41) is 3.18. The molecule has 1 heterocycles. The Labute approximate surface area is 115 Å². The average molecular weight is 265 g/mol. The van der Waals surface area contributed by atoms with Gasteiger partial charge in [-0.1, -0.05) is 0 Å². The van der Waals surface area contributed by atoms with Crippen LogP contribution in [0.1, 0.15) is 31.3 Å². The van der Waals surface area contributed by atoms with Gasteiger partial charge in [0.1, 0.15) is 5.69 Å². The van der Waals surface area contributed by atoms with Crippen molar-refractivity contribution < 1.29 is 9.53 Å². The number of aromatic nitrogens is 1. The molecule has 5 heteroatoms. The fraction of sp³-hybridized carbons (Fsp3) is 0.571. The van der Waals surface area contributed by atoms with Crippen LogP contribution in [0.5, 0.6) is 0 Å². The molecular formula is C14H23N3O2. The number of carbonyl (C=O) groups excluding carboxylic acids is 1. The highest BCUT2D eigenvalue weighted by Gasteiger charge is 2.21. The van der Waals surface area contributed by atoms with Gasteiger partial charge in [-0.15, -0.1) is 0 Å². The lowest BCUT2D eigenvalue weighted by Crippen LogP contribution is -2.41. The fourth-order valence-corrected chi connectivity index (χ4v) is 2.00. The molecular weight excluding hydrogens is 242 g/mol. The highest BCUT2D eigenvalue weighted by molar-refractivity contribution is 5.93. The summed E-state index contributed by atoms with van der Waals surface area (Å²) in [6.45, 7) is 7.91. The summed E-state index contributed by atoms with van der Waals surface area (Å²) in [6.07, 6.45) is 1.65. The van der Waals surface area contributed by atoms with Crippen molar-refractivity contribution in [3.63, 3.8) is 0 Å². The molecule has 5 nitrogen and oxygen atoms in total. The number of ether oxygens (including phenoxy) is 1. The second kappa shape index (κ2) is 7.74. The number of hydrogen-bond acceptors (Lipinski definition) is 4. The van der Waals surface area contributed by atoms with Crippen LogP contribution in [0.4, 0.5) is 5.69 Å². The van der Waals surface area contributed by atoms with Crippen LogP contribution in [0.15, 0.2) is 18.3 Å². The maximum Gasteiger partial charge on any atom is 0.272 e. The molecule has 0 aromatic carbocycles. The maximum absolute atomic E-state index is 12.4. The molecule has 0 fully saturated rings. The lowest BCUT2D eigenvalue weighted by molar-refractivity contribution is 0.0574. The van der Waals surface area contributed by atoms with E-state index in [2.05, 4.69) is 10.3 Å². The van der Waals surface area contributed by atoms with Crippen LogP contribution in [-0.2, 0) is 4.74 Å². The summed E-state index contributed by atoms with van der Waals surface area (Å²) in [7, 11) is 1.64. The zero-order valence-electron chi connectivity index (χ0n) is 12.1. The van der Waals surface area contributed by atoms with Gasteiger partial charge in [0.25, 0.3) is 5.91 Å². The third kappa shape index (κ3) is 4.21. The number of nitrogens with one attached hydrogen (secondary N) is 1. The minimum Gasteiger partial charge on any atom is -0.385 e. The smallest absolute Gasteiger partial charge is 0.272 e. The third-order valence-corrected chi connectivity index (χ3v) is 2.90. The number of anilines is 1. The molecule has 0 bridgehead atoms. The number of amides is 1. The van der Waals surface area contributed by atoms with E-state index in [1.54, 1.807) is 24.3 Å². The number of carbonyl (C=O) groups is 1. The standard InChI is InChI=1S/C14H23N3O2/c1-5-15-12-7-8-16-13(9-12)14(18)17(6-2)11(3)10-19-4/h7-9,11H,5-6,10H2,1-4H3,(H,15,16). The highest BCUT2D eigenvalue weighted by atomic mass is 16.5. The normalized spacial score (nSPS) is 12.0. The molecule has 0 aliphatic carbocycles. The van der Waals surface area contributed by atoms with Gasteiger partial charge >= 0.3 is 0 Å².